The molecule has 0 aliphatic carbocycles. The average Bonchev–Trinajstić information content (AvgIpc) is 3.34. The molecule has 5 rings (SSSR count). The fourth-order valence-electron chi connectivity index (χ4n) is 5.88. The average molecular weight is 535 g/mol. The monoisotopic (exact) mass is 534 g/mol. The third kappa shape index (κ3) is 5.28. The van der Waals surface area contributed by atoms with E-state index in [0.29, 0.717) is 12.1 Å². The van der Waals surface area contributed by atoms with E-state index in [1.54, 1.807) is 17.9 Å². The second-order valence-corrected chi connectivity index (χ2v) is 11.8. The van der Waals surface area contributed by atoms with Crippen LogP contribution in [-0.4, -0.2) is 61.1 Å². The van der Waals surface area contributed by atoms with Gasteiger partial charge in [-0.25, -0.2) is 9.59 Å². The fraction of sp³-hybridized carbons (Fsp3) is 0.484. The van der Waals surface area contributed by atoms with Gasteiger partial charge in [-0.1, -0.05) is 12.1 Å². The Kier molecular flexibility index (Phi) is 7.20. The van der Waals surface area contributed by atoms with Crippen molar-refractivity contribution in [3.8, 4) is 5.75 Å². The zero-order valence-corrected chi connectivity index (χ0v) is 23.7. The Morgan fingerprint density at radius 1 is 1.10 bits per heavy atom. The van der Waals surface area contributed by atoms with Crippen LogP contribution in [0.15, 0.2) is 42.6 Å². The SMILES string of the molecule is COC(=O)c1ccc(C2CC3(CCN2Cc2c(OC)cc(C)c4c2ccn4C(=O)OC(C)(C)C)COC3)cc1. The topological polar surface area (TPSA) is 79.2 Å². The van der Waals surface area contributed by atoms with Crippen LogP contribution in [0.4, 0.5) is 4.79 Å². The van der Waals surface area contributed by atoms with Gasteiger partial charge >= 0.3 is 12.1 Å². The number of hydrogen-bond acceptors (Lipinski definition) is 7. The molecule has 3 heterocycles. The molecule has 2 saturated heterocycles. The fourth-order valence-corrected chi connectivity index (χ4v) is 5.88. The van der Waals surface area contributed by atoms with Crippen molar-refractivity contribution >= 4 is 23.0 Å². The molecule has 2 fully saturated rings. The molecule has 0 amide bonds. The number of fused-ring (bicyclic) bond motifs is 1. The molecule has 39 heavy (non-hydrogen) atoms. The minimum absolute atomic E-state index is 0.142. The number of hydrogen-bond donors (Lipinski definition) is 0. The van der Waals surface area contributed by atoms with Crippen molar-refractivity contribution < 1.29 is 28.5 Å². The number of aromatic nitrogens is 1. The van der Waals surface area contributed by atoms with Gasteiger partial charge in [-0.2, -0.15) is 0 Å². The number of likely N-dealkylation sites (tertiary alicyclic amines) is 1. The van der Waals surface area contributed by atoms with E-state index in [9.17, 15) is 9.59 Å². The zero-order valence-electron chi connectivity index (χ0n) is 23.7. The van der Waals surface area contributed by atoms with Crippen LogP contribution >= 0.6 is 0 Å². The summed E-state index contributed by atoms with van der Waals surface area (Å²) in [5, 5.41) is 0.977. The Bertz CT molecular complexity index is 1380. The maximum absolute atomic E-state index is 13.0. The van der Waals surface area contributed by atoms with Gasteiger partial charge < -0.3 is 18.9 Å². The van der Waals surface area contributed by atoms with E-state index >= 15 is 0 Å². The van der Waals surface area contributed by atoms with E-state index in [1.165, 1.54) is 7.11 Å². The molecule has 8 heteroatoms. The largest absolute Gasteiger partial charge is 0.496 e. The Labute approximate surface area is 229 Å². The maximum Gasteiger partial charge on any atom is 0.419 e. The molecule has 0 bridgehead atoms. The highest BCUT2D eigenvalue weighted by atomic mass is 16.6. The van der Waals surface area contributed by atoms with Crippen molar-refractivity contribution in [1.82, 2.24) is 9.47 Å². The summed E-state index contributed by atoms with van der Waals surface area (Å²) in [7, 11) is 3.08. The summed E-state index contributed by atoms with van der Waals surface area (Å²) >= 11 is 0. The van der Waals surface area contributed by atoms with Gasteiger partial charge in [-0.3, -0.25) is 9.47 Å². The van der Waals surface area contributed by atoms with Crippen LogP contribution in [0, 0.1) is 12.3 Å². The number of esters is 1. The maximum atomic E-state index is 13.0. The summed E-state index contributed by atoms with van der Waals surface area (Å²) in [4.78, 5) is 27.5. The molecule has 8 nitrogen and oxygen atoms in total. The number of methoxy groups -OCH3 is 2. The van der Waals surface area contributed by atoms with Crippen molar-refractivity contribution in [2.24, 2.45) is 5.41 Å². The van der Waals surface area contributed by atoms with E-state index in [4.69, 9.17) is 18.9 Å². The number of carbonyl (C=O) groups excluding carboxylic acids is 2. The first-order valence-electron chi connectivity index (χ1n) is 13.5. The standard InChI is InChI=1S/C31H38N2O6/c1-20-15-26(36-5)24(23-11-13-33(27(20)23)29(35)39-30(2,3)4)17-32-14-12-31(18-38-19-31)16-25(32)21-7-9-22(10-8-21)28(34)37-6/h7-11,13,15,25H,12,14,16-19H2,1-6H3. The van der Waals surface area contributed by atoms with Crippen molar-refractivity contribution in [2.45, 2.75) is 58.7 Å². The van der Waals surface area contributed by atoms with Gasteiger partial charge in [0.05, 0.1) is 38.5 Å². The molecule has 1 spiro atoms. The van der Waals surface area contributed by atoms with Gasteiger partial charge in [-0.15, -0.1) is 0 Å². The van der Waals surface area contributed by atoms with E-state index in [2.05, 4.69) is 4.90 Å². The third-order valence-corrected chi connectivity index (χ3v) is 7.93. The lowest BCUT2D eigenvalue weighted by Gasteiger charge is -2.51. The smallest absolute Gasteiger partial charge is 0.419 e. The summed E-state index contributed by atoms with van der Waals surface area (Å²) in [6.07, 6.45) is 3.42. The van der Waals surface area contributed by atoms with E-state index in [0.717, 1.165) is 65.9 Å². The van der Waals surface area contributed by atoms with Gasteiger partial charge in [0.1, 0.15) is 11.4 Å². The Morgan fingerprint density at radius 3 is 2.41 bits per heavy atom. The molecule has 0 radical (unpaired) electrons. The minimum Gasteiger partial charge on any atom is -0.496 e. The molecule has 2 aromatic carbocycles. The molecule has 0 saturated carbocycles. The van der Waals surface area contributed by atoms with Gasteiger partial charge in [0.25, 0.3) is 0 Å². The number of ether oxygens (including phenoxy) is 4. The lowest BCUT2D eigenvalue weighted by atomic mass is 9.72. The second kappa shape index (κ2) is 10.3. The van der Waals surface area contributed by atoms with Crippen LogP contribution in [0.1, 0.15) is 66.7 Å². The lowest BCUT2D eigenvalue weighted by molar-refractivity contribution is -0.153. The highest BCUT2D eigenvalue weighted by Gasteiger charge is 2.45. The van der Waals surface area contributed by atoms with Gasteiger partial charge in [-0.05, 0) is 82.5 Å². The first kappa shape index (κ1) is 27.2. The molecule has 2 aliphatic heterocycles. The predicted octanol–water partition coefficient (Wildman–Crippen LogP) is 5.88. The van der Waals surface area contributed by atoms with Crippen LogP contribution in [-0.2, 0) is 20.8 Å². The first-order valence-corrected chi connectivity index (χ1v) is 13.5. The van der Waals surface area contributed by atoms with E-state index in [-0.39, 0.29) is 17.4 Å². The second-order valence-electron chi connectivity index (χ2n) is 11.8. The molecule has 208 valence electrons. The van der Waals surface area contributed by atoms with Gasteiger partial charge in [0.15, 0.2) is 0 Å². The number of nitrogens with zero attached hydrogens (tertiary/aromatic N) is 2. The van der Waals surface area contributed by atoms with E-state index in [1.807, 2.05) is 64.1 Å². The molecular formula is C31H38N2O6. The molecule has 1 aromatic heterocycles. The molecular weight excluding hydrogens is 496 g/mol. The minimum atomic E-state index is -0.595. The van der Waals surface area contributed by atoms with E-state index < -0.39 is 11.7 Å². The number of piperidine rings is 1. The zero-order chi connectivity index (χ0) is 27.9. The number of benzene rings is 2. The molecule has 2 aliphatic rings. The first-order chi connectivity index (χ1) is 18.5. The molecule has 0 N–H and O–H groups in total. The molecule has 1 unspecified atom stereocenters. The quantitative estimate of drug-likeness (QED) is 0.378. The van der Waals surface area contributed by atoms with Crippen LogP contribution in [0.5, 0.6) is 5.75 Å². The summed E-state index contributed by atoms with van der Waals surface area (Å²) < 4.78 is 23.7. The van der Waals surface area contributed by atoms with Crippen molar-refractivity contribution in [1.29, 1.82) is 0 Å². The highest BCUT2D eigenvalue weighted by molar-refractivity contribution is 5.95. The highest BCUT2D eigenvalue weighted by Crippen LogP contribution is 2.47. The summed E-state index contributed by atoms with van der Waals surface area (Å²) in [5.74, 6) is 0.459. The lowest BCUT2D eigenvalue weighted by Crippen LogP contribution is -2.51. The normalized spacial score (nSPS) is 19.1. The number of rotatable bonds is 5. The van der Waals surface area contributed by atoms with Crippen LogP contribution < -0.4 is 4.74 Å². The third-order valence-electron chi connectivity index (χ3n) is 7.93. The van der Waals surface area contributed by atoms with Crippen molar-refractivity contribution in [3.63, 3.8) is 0 Å². The Hall–Kier alpha value is -3.36. The Morgan fingerprint density at radius 2 is 1.82 bits per heavy atom. The Balaban J connectivity index is 1.52. The summed E-state index contributed by atoms with van der Waals surface area (Å²) in [5.41, 5.74) is 4.10. The number of carbonyl (C=O) groups is 2. The number of aryl methyl sites for hydroxylation is 1. The predicted molar refractivity (Wildman–Crippen MR) is 148 cm³/mol. The molecule has 3 aromatic rings. The molecule has 1 atom stereocenters. The summed E-state index contributed by atoms with van der Waals surface area (Å²) in [6.45, 7) is 10.7. The van der Waals surface area contributed by atoms with Crippen LogP contribution in [0.3, 0.4) is 0 Å². The van der Waals surface area contributed by atoms with Crippen molar-refractivity contribution in [3.05, 3.63) is 64.8 Å². The van der Waals surface area contributed by atoms with Crippen LogP contribution in [0.25, 0.3) is 10.9 Å². The van der Waals surface area contributed by atoms with Crippen molar-refractivity contribution in [2.75, 3.05) is 34.0 Å². The summed E-state index contributed by atoms with van der Waals surface area (Å²) in [6, 6.07) is 11.9. The van der Waals surface area contributed by atoms with Gasteiger partial charge in [0.2, 0.25) is 0 Å². The van der Waals surface area contributed by atoms with Crippen LogP contribution in [0.2, 0.25) is 0 Å². The van der Waals surface area contributed by atoms with Gasteiger partial charge in [0, 0.05) is 35.1 Å².